The average molecular weight is 328 g/mol. The van der Waals surface area contributed by atoms with Crippen molar-refractivity contribution < 1.29 is 9.53 Å². The molecule has 1 aromatic rings. The second-order valence-electron chi connectivity index (χ2n) is 5.67. The number of nitrogens with zero attached hydrogens (tertiary/aromatic N) is 1. The molecule has 2 rings (SSSR count). The van der Waals surface area contributed by atoms with Crippen LogP contribution in [0.1, 0.15) is 19.8 Å². The Morgan fingerprint density at radius 2 is 2.09 bits per heavy atom. The van der Waals surface area contributed by atoms with Crippen molar-refractivity contribution in [2.45, 2.75) is 25.8 Å². The molecule has 0 aliphatic carbocycles. The van der Waals surface area contributed by atoms with E-state index >= 15 is 0 Å². The van der Waals surface area contributed by atoms with Crippen molar-refractivity contribution in [1.82, 2.24) is 4.90 Å². The van der Waals surface area contributed by atoms with Gasteiger partial charge in [-0.3, -0.25) is 9.69 Å². The van der Waals surface area contributed by atoms with Crippen molar-refractivity contribution in [2.24, 2.45) is 11.7 Å². The Hall–Kier alpha value is -1.30. The Kier molecular flexibility index (Phi) is 7.65. The Morgan fingerprint density at radius 1 is 1.41 bits per heavy atom. The number of piperidine rings is 1. The van der Waals surface area contributed by atoms with E-state index < -0.39 is 0 Å². The van der Waals surface area contributed by atoms with E-state index in [0.717, 1.165) is 24.4 Å². The zero-order chi connectivity index (χ0) is 15.2. The van der Waals surface area contributed by atoms with Crippen molar-refractivity contribution in [3.63, 3.8) is 0 Å². The van der Waals surface area contributed by atoms with Crippen molar-refractivity contribution in [3.05, 3.63) is 24.3 Å². The highest BCUT2D eigenvalue weighted by Gasteiger charge is 2.28. The number of nitrogens with two attached hydrogens (primary N) is 1. The van der Waals surface area contributed by atoms with Crippen molar-refractivity contribution in [2.75, 3.05) is 32.1 Å². The fourth-order valence-electron chi connectivity index (χ4n) is 2.97. The number of ether oxygens (including phenoxy) is 1. The topological polar surface area (TPSA) is 67.6 Å². The maximum Gasteiger partial charge on any atom is 0.238 e. The van der Waals surface area contributed by atoms with E-state index in [1.54, 1.807) is 7.11 Å². The van der Waals surface area contributed by atoms with E-state index in [-0.39, 0.29) is 18.3 Å². The molecule has 5 nitrogen and oxygen atoms in total. The van der Waals surface area contributed by atoms with Gasteiger partial charge in [-0.2, -0.15) is 0 Å². The Morgan fingerprint density at radius 3 is 2.68 bits per heavy atom. The molecule has 3 N–H and O–H groups in total. The molecule has 1 saturated heterocycles. The summed E-state index contributed by atoms with van der Waals surface area (Å²) in [4.78, 5) is 14.4. The predicted octanol–water partition coefficient (Wildman–Crippen LogP) is 2.11. The van der Waals surface area contributed by atoms with E-state index in [1.165, 1.54) is 6.42 Å². The van der Waals surface area contributed by atoms with Gasteiger partial charge in [0.2, 0.25) is 5.91 Å². The molecule has 6 heteroatoms. The molecule has 1 amide bonds. The number of methoxy groups -OCH3 is 1. The number of carbonyl (C=O) groups excluding carboxylic acids is 1. The molecular weight excluding hydrogens is 302 g/mol. The summed E-state index contributed by atoms with van der Waals surface area (Å²) in [6.07, 6.45) is 2.33. The molecule has 22 heavy (non-hydrogen) atoms. The van der Waals surface area contributed by atoms with Gasteiger partial charge in [-0.15, -0.1) is 12.4 Å². The first-order valence-electron chi connectivity index (χ1n) is 7.52. The molecule has 1 fully saturated rings. The normalized spacial score (nSPS) is 21.8. The third kappa shape index (κ3) is 4.87. The summed E-state index contributed by atoms with van der Waals surface area (Å²) >= 11 is 0. The Balaban J connectivity index is 0.00000242. The van der Waals surface area contributed by atoms with E-state index in [1.807, 2.05) is 24.3 Å². The number of anilines is 1. The molecule has 1 aliphatic heterocycles. The molecule has 0 aromatic heterocycles. The van der Waals surface area contributed by atoms with E-state index in [9.17, 15) is 4.79 Å². The van der Waals surface area contributed by atoms with Crippen LogP contribution in [-0.2, 0) is 4.79 Å². The summed E-state index contributed by atoms with van der Waals surface area (Å²) in [7, 11) is 1.62. The average Bonchev–Trinajstić information content (AvgIpc) is 2.48. The van der Waals surface area contributed by atoms with Gasteiger partial charge in [-0.25, -0.2) is 0 Å². The van der Waals surface area contributed by atoms with Gasteiger partial charge in [-0.1, -0.05) is 6.92 Å². The highest BCUT2D eigenvalue weighted by molar-refractivity contribution is 5.92. The van der Waals surface area contributed by atoms with E-state index in [4.69, 9.17) is 10.5 Å². The molecule has 1 heterocycles. The first-order valence-corrected chi connectivity index (χ1v) is 7.52. The summed E-state index contributed by atoms with van der Waals surface area (Å²) in [6, 6.07) is 7.66. The minimum Gasteiger partial charge on any atom is -0.497 e. The van der Waals surface area contributed by atoms with Crippen molar-refractivity contribution in [3.8, 4) is 5.75 Å². The summed E-state index contributed by atoms with van der Waals surface area (Å²) in [5.41, 5.74) is 6.64. The maximum absolute atomic E-state index is 12.2. The lowest BCUT2D eigenvalue weighted by molar-refractivity contribution is -0.118. The van der Waals surface area contributed by atoms with Crippen LogP contribution < -0.4 is 15.8 Å². The second-order valence-corrected chi connectivity index (χ2v) is 5.67. The van der Waals surface area contributed by atoms with Crippen LogP contribution in [0.2, 0.25) is 0 Å². The van der Waals surface area contributed by atoms with Crippen LogP contribution in [0.3, 0.4) is 0 Å². The van der Waals surface area contributed by atoms with Gasteiger partial charge in [0.05, 0.1) is 13.7 Å². The molecule has 1 aromatic carbocycles. The molecule has 2 unspecified atom stereocenters. The number of likely N-dealkylation sites (tertiary alicyclic amines) is 1. The number of halogens is 1. The highest BCUT2D eigenvalue weighted by atomic mass is 35.5. The van der Waals surface area contributed by atoms with Gasteiger partial charge >= 0.3 is 0 Å². The predicted molar refractivity (Wildman–Crippen MR) is 91.7 cm³/mol. The van der Waals surface area contributed by atoms with Gasteiger partial charge in [0.15, 0.2) is 0 Å². The largest absolute Gasteiger partial charge is 0.497 e. The summed E-state index contributed by atoms with van der Waals surface area (Å²) in [5, 5.41) is 2.92. The van der Waals surface area contributed by atoms with Gasteiger partial charge in [-0.05, 0) is 49.6 Å². The van der Waals surface area contributed by atoms with E-state index in [2.05, 4.69) is 17.1 Å². The molecular formula is C16H26ClN3O2. The second kappa shape index (κ2) is 8.98. The molecule has 0 spiro atoms. The standard InChI is InChI=1S/C16H25N3O2.ClH/c1-12-4-3-9-19(15(12)10-17)11-16(20)18-13-5-7-14(21-2)8-6-13;/h5-8,12,15H,3-4,9-11,17H2,1-2H3,(H,18,20);1H. The van der Waals surface area contributed by atoms with Gasteiger partial charge in [0.25, 0.3) is 0 Å². The van der Waals surface area contributed by atoms with Crippen LogP contribution in [0.4, 0.5) is 5.69 Å². The van der Waals surface area contributed by atoms with E-state index in [0.29, 0.717) is 25.0 Å². The fourth-order valence-corrected chi connectivity index (χ4v) is 2.97. The van der Waals surface area contributed by atoms with Crippen LogP contribution in [0.5, 0.6) is 5.75 Å². The molecule has 2 atom stereocenters. The molecule has 0 radical (unpaired) electrons. The number of rotatable bonds is 5. The molecule has 124 valence electrons. The number of nitrogens with one attached hydrogen (secondary N) is 1. The van der Waals surface area contributed by atoms with Crippen molar-refractivity contribution >= 4 is 24.0 Å². The van der Waals surface area contributed by atoms with Crippen LogP contribution in [0, 0.1) is 5.92 Å². The maximum atomic E-state index is 12.2. The van der Waals surface area contributed by atoms with Gasteiger partial charge in [0, 0.05) is 18.3 Å². The minimum absolute atomic E-state index is 0. The number of carbonyl (C=O) groups is 1. The van der Waals surface area contributed by atoms with Gasteiger partial charge in [0.1, 0.15) is 5.75 Å². The lowest BCUT2D eigenvalue weighted by atomic mass is 9.91. The minimum atomic E-state index is 0. The third-order valence-electron chi connectivity index (χ3n) is 4.19. The SMILES string of the molecule is COc1ccc(NC(=O)CN2CCCC(C)C2CN)cc1.Cl. The monoisotopic (exact) mass is 327 g/mol. The Bertz CT molecular complexity index is 467. The zero-order valence-electron chi connectivity index (χ0n) is 13.2. The fraction of sp³-hybridized carbons (Fsp3) is 0.562. The molecule has 0 bridgehead atoms. The quantitative estimate of drug-likeness (QED) is 0.869. The van der Waals surface area contributed by atoms with Crippen molar-refractivity contribution in [1.29, 1.82) is 0 Å². The Labute approximate surface area is 138 Å². The number of benzene rings is 1. The number of hydrogen-bond acceptors (Lipinski definition) is 4. The first-order chi connectivity index (χ1) is 10.1. The van der Waals surface area contributed by atoms with Crippen LogP contribution in [-0.4, -0.2) is 43.6 Å². The lowest BCUT2D eigenvalue weighted by Crippen LogP contribution is -2.51. The van der Waals surface area contributed by atoms with Gasteiger partial charge < -0.3 is 15.8 Å². The summed E-state index contributed by atoms with van der Waals surface area (Å²) in [5.74, 6) is 1.34. The van der Waals surface area contributed by atoms with Crippen LogP contribution >= 0.6 is 12.4 Å². The lowest BCUT2D eigenvalue weighted by Gasteiger charge is -2.38. The highest BCUT2D eigenvalue weighted by Crippen LogP contribution is 2.22. The third-order valence-corrected chi connectivity index (χ3v) is 4.19. The molecule has 0 saturated carbocycles. The van der Waals surface area contributed by atoms with Crippen LogP contribution in [0.25, 0.3) is 0 Å². The number of amides is 1. The summed E-state index contributed by atoms with van der Waals surface area (Å²) in [6.45, 7) is 4.17. The zero-order valence-corrected chi connectivity index (χ0v) is 14.1. The molecule has 1 aliphatic rings. The summed E-state index contributed by atoms with van der Waals surface area (Å²) < 4.78 is 5.10. The number of hydrogen-bond donors (Lipinski definition) is 2. The smallest absolute Gasteiger partial charge is 0.238 e. The first kappa shape index (κ1) is 18.7. The van der Waals surface area contributed by atoms with Crippen LogP contribution in [0.15, 0.2) is 24.3 Å².